The van der Waals surface area contributed by atoms with Crippen LogP contribution in [-0.4, -0.2) is 106 Å². The molecule has 3 aliphatic rings. The number of carbonyl (C=O) groups is 1. The number of hydrogen-bond acceptors (Lipinski definition) is 6. The number of ether oxygens (including phenoxy) is 2. The molecule has 1 N–H and O–H groups in total. The molecule has 0 aromatic rings. The van der Waals surface area contributed by atoms with Gasteiger partial charge in [-0.3, -0.25) is 4.90 Å². The number of likely N-dealkylation sites (N-methyl/N-ethyl adjacent to an activating group) is 1. The number of hydrogen-bond donors (Lipinski definition) is 1. The zero-order valence-electron chi connectivity index (χ0n) is 15.8. The van der Waals surface area contributed by atoms with E-state index in [1.54, 1.807) is 7.11 Å². The maximum Gasteiger partial charge on any atom is 0.410 e. The molecule has 1 atom stereocenters. The molecule has 3 rings (SSSR count). The van der Waals surface area contributed by atoms with Crippen molar-refractivity contribution >= 4 is 6.09 Å². The second kappa shape index (κ2) is 8.66. The summed E-state index contributed by atoms with van der Waals surface area (Å²) in [5.41, 5.74) is -0.249. The number of carbonyl (C=O) groups excluding carboxylic acids is 1. The molecular weight excluding hydrogens is 320 g/mol. The van der Waals surface area contributed by atoms with Crippen molar-refractivity contribution in [1.29, 1.82) is 0 Å². The van der Waals surface area contributed by atoms with Gasteiger partial charge in [0, 0.05) is 65.3 Å². The number of amides is 1. The van der Waals surface area contributed by atoms with Gasteiger partial charge in [-0.15, -0.1) is 0 Å². The maximum absolute atomic E-state index is 12.3. The van der Waals surface area contributed by atoms with Crippen LogP contribution in [0.15, 0.2) is 0 Å². The molecule has 0 aromatic carbocycles. The predicted octanol–water partition coefficient (Wildman–Crippen LogP) is 0.603. The van der Waals surface area contributed by atoms with Gasteiger partial charge in [0.2, 0.25) is 0 Å². The van der Waals surface area contributed by atoms with E-state index in [0.29, 0.717) is 6.04 Å². The lowest BCUT2D eigenvalue weighted by molar-refractivity contribution is -0.0127. The fraction of sp³-hybridized carbons (Fsp3) is 0.944. The van der Waals surface area contributed by atoms with Crippen LogP contribution in [0.2, 0.25) is 0 Å². The van der Waals surface area contributed by atoms with Gasteiger partial charge < -0.3 is 24.6 Å². The third-order valence-corrected chi connectivity index (χ3v) is 5.97. The van der Waals surface area contributed by atoms with E-state index in [-0.39, 0.29) is 11.7 Å². The highest BCUT2D eigenvalue weighted by Gasteiger charge is 2.47. The molecule has 3 saturated heterocycles. The zero-order valence-corrected chi connectivity index (χ0v) is 15.8. The van der Waals surface area contributed by atoms with Gasteiger partial charge in [-0.25, -0.2) is 4.79 Å². The van der Waals surface area contributed by atoms with E-state index >= 15 is 0 Å². The Morgan fingerprint density at radius 1 is 1.36 bits per heavy atom. The molecule has 3 fully saturated rings. The van der Waals surface area contributed by atoms with Crippen LogP contribution in [0.5, 0.6) is 0 Å². The van der Waals surface area contributed by atoms with Gasteiger partial charge in [-0.2, -0.15) is 0 Å². The van der Waals surface area contributed by atoms with E-state index in [0.717, 1.165) is 71.8 Å². The molecule has 1 spiro atoms. The maximum atomic E-state index is 12.3. The smallest absolute Gasteiger partial charge is 0.410 e. The van der Waals surface area contributed by atoms with Crippen molar-refractivity contribution in [3.8, 4) is 0 Å². The quantitative estimate of drug-likeness (QED) is 0.723. The van der Waals surface area contributed by atoms with Gasteiger partial charge in [-0.05, 0) is 26.4 Å². The monoisotopic (exact) mass is 354 g/mol. The van der Waals surface area contributed by atoms with Crippen LogP contribution in [0.25, 0.3) is 0 Å². The Bertz CT molecular complexity index is 434. The second-order valence-corrected chi connectivity index (χ2v) is 7.80. The first-order chi connectivity index (χ1) is 12.1. The van der Waals surface area contributed by atoms with E-state index in [9.17, 15) is 4.79 Å². The lowest BCUT2D eigenvalue weighted by atomic mass is 9.89. The first-order valence-corrected chi connectivity index (χ1v) is 9.72. The largest absolute Gasteiger partial charge is 0.441 e. The highest BCUT2D eigenvalue weighted by atomic mass is 16.6. The van der Waals surface area contributed by atoms with Crippen LogP contribution >= 0.6 is 0 Å². The topological polar surface area (TPSA) is 57.3 Å². The number of nitrogens with zero attached hydrogens (tertiary/aromatic N) is 3. The van der Waals surface area contributed by atoms with Gasteiger partial charge >= 0.3 is 6.09 Å². The Morgan fingerprint density at radius 2 is 2.16 bits per heavy atom. The molecule has 0 saturated carbocycles. The number of rotatable bonds is 7. The molecule has 1 amide bonds. The third-order valence-electron chi connectivity index (χ3n) is 5.97. The second-order valence-electron chi connectivity index (χ2n) is 7.80. The Kier molecular flexibility index (Phi) is 6.55. The Morgan fingerprint density at radius 3 is 2.84 bits per heavy atom. The molecule has 0 bridgehead atoms. The van der Waals surface area contributed by atoms with Crippen LogP contribution in [0, 0.1) is 0 Å². The van der Waals surface area contributed by atoms with Crippen molar-refractivity contribution in [1.82, 2.24) is 20.0 Å². The van der Waals surface area contributed by atoms with E-state index in [1.807, 2.05) is 4.90 Å². The Hall–Kier alpha value is -0.890. The molecular formula is C18H34N4O3. The summed E-state index contributed by atoms with van der Waals surface area (Å²) >= 11 is 0. The fourth-order valence-electron chi connectivity index (χ4n) is 4.22. The molecule has 144 valence electrons. The highest BCUT2D eigenvalue weighted by Crippen LogP contribution is 2.34. The molecule has 0 aromatic heterocycles. The van der Waals surface area contributed by atoms with Crippen molar-refractivity contribution < 1.29 is 14.3 Å². The normalized spacial score (nSPS) is 27.2. The number of likely N-dealkylation sites (tertiary alicyclic amines) is 1. The Labute approximate surface area is 151 Å². The average Bonchev–Trinajstić information content (AvgIpc) is 2.94. The van der Waals surface area contributed by atoms with Gasteiger partial charge in [-0.1, -0.05) is 0 Å². The standard InChI is InChI=1S/C18H34N4O3/c1-20(12-13-24-2)10-11-22-15-18(25-17(22)23)5-8-21(9-6-18)16-4-3-7-19-14-16/h16,19H,3-15H2,1-2H3/t16-/m0/s1. The fourth-order valence-corrected chi connectivity index (χ4v) is 4.22. The predicted molar refractivity (Wildman–Crippen MR) is 96.9 cm³/mol. The molecule has 25 heavy (non-hydrogen) atoms. The SMILES string of the molecule is COCCN(C)CCN1CC2(CCN([C@H]3CCCNC3)CC2)OC1=O. The lowest BCUT2D eigenvalue weighted by Crippen LogP contribution is -2.53. The summed E-state index contributed by atoms with van der Waals surface area (Å²) in [6.07, 6.45) is 4.36. The summed E-state index contributed by atoms with van der Waals surface area (Å²) in [7, 11) is 3.78. The summed E-state index contributed by atoms with van der Waals surface area (Å²) in [5, 5.41) is 3.50. The summed E-state index contributed by atoms with van der Waals surface area (Å²) in [5.74, 6) is 0. The van der Waals surface area contributed by atoms with Crippen LogP contribution in [-0.2, 0) is 9.47 Å². The van der Waals surface area contributed by atoms with E-state index in [1.165, 1.54) is 12.8 Å². The molecule has 0 unspecified atom stereocenters. The minimum Gasteiger partial charge on any atom is -0.441 e. The first kappa shape index (κ1) is 18.9. The van der Waals surface area contributed by atoms with Gasteiger partial charge in [0.15, 0.2) is 0 Å². The summed E-state index contributed by atoms with van der Waals surface area (Å²) < 4.78 is 11.0. The minimum atomic E-state index is -0.249. The van der Waals surface area contributed by atoms with Crippen LogP contribution in [0.3, 0.4) is 0 Å². The summed E-state index contributed by atoms with van der Waals surface area (Å²) in [6.45, 7) is 8.28. The van der Waals surface area contributed by atoms with Crippen molar-refractivity contribution in [2.75, 3.05) is 73.1 Å². The minimum absolute atomic E-state index is 0.132. The van der Waals surface area contributed by atoms with Crippen molar-refractivity contribution in [2.24, 2.45) is 0 Å². The summed E-state index contributed by atoms with van der Waals surface area (Å²) in [6, 6.07) is 0.661. The van der Waals surface area contributed by atoms with E-state index < -0.39 is 0 Å². The van der Waals surface area contributed by atoms with Crippen LogP contribution < -0.4 is 5.32 Å². The molecule has 3 heterocycles. The number of piperidine rings is 2. The molecule has 7 heteroatoms. The van der Waals surface area contributed by atoms with Crippen LogP contribution in [0.1, 0.15) is 25.7 Å². The number of methoxy groups -OCH3 is 1. The zero-order chi connectivity index (χ0) is 17.7. The molecule has 0 aliphatic carbocycles. The first-order valence-electron chi connectivity index (χ1n) is 9.72. The van der Waals surface area contributed by atoms with Gasteiger partial charge in [0.1, 0.15) is 5.60 Å². The molecule has 3 aliphatic heterocycles. The van der Waals surface area contributed by atoms with E-state index in [2.05, 4.69) is 22.2 Å². The highest BCUT2D eigenvalue weighted by molar-refractivity contribution is 5.70. The molecule has 0 radical (unpaired) electrons. The number of nitrogens with one attached hydrogen (secondary N) is 1. The molecule has 7 nitrogen and oxygen atoms in total. The van der Waals surface area contributed by atoms with Crippen LogP contribution in [0.4, 0.5) is 4.79 Å². The van der Waals surface area contributed by atoms with Crippen molar-refractivity contribution in [2.45, 2.75) is 37.3 Å². The van der Waals surface area contributed by atoms with Gasteiger partial charge in [0.25, 0.3) is 0 Å². The lowest BCUT2D eigenvalue weighted by Gasteiger charge is -2.42. The van der Waals surface area contributed by atoms with E-state index in [4.69, 9.17) is 9.47 Å². The Balaban J connectivity index is 1.44. The average molecular weight is 354 g/mol. The summed E-state index contributed by atoms with van der Waals surface area (Å²) in [4.78, 5) is 19.0. The third kappa shape index (κ3) is 4.84. The van der Waals surface area contributed by atoms with Crippen molar-refractivity contribution in [3.63, 3.8) is 0 Å². The van der Waals surface area contributed by atoms with Gasteiger partial charge in [0.05, 0.1) is 13.2 Å². The van der Waals surface area contributed by atoms with Crippen molar-refractivity contribution in [3.05, 3.63) is 0 Å².